The van der Waals surface area contributed by atoms with Crippen molar-refractivity contribution in [3.63, 3.8) is 0 Å². The van der Waals surface area contributed by atoms with E-state index in [0.717, 1.165) is 32.5 Å². The van der Waals surface area contributed by atoms with Crippen molar-refractivity contribution in [2.24, 2.45) is 0 Å². The van der Waals surface area contributed by atoms with Crippen LogP contribution >= 0.6 is 0 Å². The Kier molecular flexibility index (Phi) is 6.07. The minimum atomic E-state index is -0.0256. The van der Waals surface area contributed by atoms with Crippen molar-refractivity contribution in [2.45, 2.75) is 77.2 Å². The van der Waals surface area contributed by atoms with Crippen LogP contribution in [0.5, 0.6) is 0 Å². The van der Waals surface area contributed by atoms with Gasteiger partial charge < -0.3 is 5.32 Å². The highest BCUT2D eigenvalue weighted by Gasteiger charge is 2.35. The van der Waals surface area contributed by atoms with Gasteiger partial charge in [-0.15, -0.1) is 0 Å². The Labute approximate surface area is 151 Å². The summed E-state index contributed by atoms with van der Waals surface area (Å²) in [7, 11) is 0. The number of pyridine rings is 1. The van der Waals surface area contributed by atoms with Gasteiger partial charge in [0.05, 0.1) is 6.04 Å². The maximum absolute atomic E-state index is 12.7. The number of carbonyl (C=O) groups is 1. The summed E-state index contributed by atoms with van der Waals surface area (Å²) in [4.78, 5) is 21.6. The summed E-state index contributed by atoms with van der Waals surface area (Å²) >= 11 is 0. The highest BCUT2D eigenvalue weighted by Crippen LogP contribution is 2.26. The SMILES string of the molecule is CC1CCC(C)N1C(C)C(=O)NC1CCN(Cc2ccncc2)CC1. The van der Waals surface area contributed by atoms with Gasteiger partial charge in [0.15, 0.2) is 0 Å². The molecular formula is C20H32N4O. The van der Waals surface area contributed by atoms with Crippen molar-refractivity contribution in [1.29, 1.82) is 0 Å². The first-order valence-electron chi connectivity index (χ1n) is 9.73. The molecule has 138 valence electrons. The number of rotatable bonds is 5. The van der Waals surface area contributed by atoms with E-state index in [9.17, 15) is 4.79 Å². The second kappa shape index (κ2) is 8.28. The number of aromatic nitrogens is 1. The van der Waals surface area contributed by atoms with Crippen LogP contribution < -0.4 is 5.32 Å². The molecule has 1 N–H and O–H groups in total. The summed E-state index contributed by atoms with van der Waals surface area (Å²) in [6.07, 6.45) is 8.18. The molecule has 0 bridgehead atoms. The summed E-state index contributed by atoms with van der Waals surface area (Å²) < 4.78 is 0. The molecule has 25 heavy (non-hydrogen) atoms. The van der Waals surface area contributed by atoms with Crippen molar-refractivity contribution in [1.82, 2.24) is 20.1 Å². The Hall–Kier alpha value is -1.46. The number of nitrogens with zero attached hydrogens (tertiary/aromatic N) is 3. The molecule has 3 heterocycles. The zero-order chi connectivity index (χ0) is 17.8. The van der Waals surface area contributed by atoms with Gasteiger partial charge in [-0.3, -0.25) is 19.6 Å². The van der Waals surface area contributed by atoms with Crippen LogP contribution in [0.15, 0.2) is 24.5 Å². The molecule has 2 aliphatic rings. The normalized spacial score (nSPS) is 27.3. The number of likely N-dealkylation sites (tertiary alicyclic amines) is 2. The molecule has 3 atom stereocenters. The summed E-state index contributed by atoms with van der Waals surface area (Å²) in [6.45, 7) is 9.60. The molecular weight excluding hydrogens is 312 g/mol. The maximum atomic E-state index is 12.7. The first-order chi connectivity index (χ1) is 12.0. The molecule has 3 unspecified atom stereocenters. The van der Waals surface area contributed by atoms with Gasteiger partial charge in [0.2, 0.25) is 5.91 Å². The lowest BCUT2D eigenvalue weighted by Crippen LogP contribution is -2.53. The Balaban J connectivity index is 1.44. The summed E-state index contributed by atoms with van der Waals surface area (Å²) in [6, 6.07) is 5.47. The second-order valence-corrected chi connectivity index (χ2v) is 7.81. The summed E-state index contributed by atoms with van der Waals surface area (Å²) in [5, 5.41) is 3.30. The van der Waals surface area contributed by atoms with E-state index in [4.69, 9.17) is 0 Å². The molecule has 5 heteroatoms. The fraction of sp³-hybridized carbons (Fsp3) is 0.700. The van der Waals surface area contributed by atoms with Crippen molar-refractivity contribution in [3.8, 4) is 0 Å². The molecule has 1 aromatic heterocycles. The average molecular weight is 345 g/mol. The van der Waals surface area contributed by atoms with Crippen LogP contribution in [0.3, 0.4) is 0 Å². The molecule has 0 aromatic carbocycles. The molecule has 0 aliphatic carbocycles. The van der Waals surface area contributed by atoms with Crippen LogP contribution in [0.25, 0.3) is 0 Å². The van der Waals surface area contributed by atoms with Gasteiger partial charge in [-0.1, -0.05) is 0 Å². The van der Waals surface area contributed by atoms with Gasteiger partial charge in [-0.2, -0.15) is 0 Å². The van der Waals surface area contributed by atoms with E-state index in [1.807, 2.05) is 12.4 Å². The zero-order valence-corrected chi connectivity index (χ0v) is 15.8. The fourth-order valence-corrected chi connectivity index (χ4v) is 4.42. The van der Waals surface area contributed by atoms with Gasteiger partial charge in [-0.05, 0) is 64.2 Å². The molecule has 2 aliphatic heterocycles. The van der Waals surface area contributed by atoms with E-state index in [1.54, 1.807) is 0 Å². The van der Waals surface area contributed by atoms with Crippen molar-refractivity contribution >= 4 is 5.91 Å². The van der Waals surface area contributed by atoms with E-state index in [-0.39, 0.29) is 11.9 Å². The Bertz CT molecular complexity index is 546. The third-order valence-electron chi connectivity index (χ3n) is 5.94. The minimum absolute atomic E-state index is 0.0256. The lowest BCUT2D eigenvalue weighted by atomic mass is 10.0. The fourth-order valence-electron chi connectivity index (χ4n) is 4.42. The number of nitrogens with one attached hydrogen (secondary N) is 1. The largest absolute Gasteiger partial charge is 0.352 e. The monoisotopic (exact) mass is 344 g/mol. The Morgan fingerprint density at radius 3 is 2.36 bits per heavy atom. The maximum Gasteiger partial charge on any atom is 0.237 e. The van der Waals surface area contributed by atoms with Gasteiger partial charge in [0.25, 0.3) is 0 Å². The Morgan fingerprint density at radius 1 is 1.16 bits per heavy atom. The average Bonchev–Trinajstić information content (AvgIpc) is 2.95. The summed E-state index contributed by atoms with van der Waals surface area (Å²) in [5.41, 5.74) is 1.31. The van der Waals surface area contributed by atoms with E-state index >= 15 is 0 Å². The topological polar surface area (TPSA) is 48.5 Å². The number of piperidine rings is 1. The number of hydrogen-bond acceptors (Lipinski definition) is 4. The molecule has 1 aromatic rings. The standard InChI is InChI=1S/C20H32N4O/c1-15-4-5-16(2)24(15)17(3)20(25)22-19-8-12-23(13-9-19)14-18-6-10-21-11-7-18/h6-7,10-11,15-17,19H,4-5,8-9,12-14H2,1-3H3,(H,22,25). The van der Waals surface area contributed by atoms with E-state index in [2.05, 4.69) is 53.0 Å². The first kappa shape index (κ1) is 18.3. The van der Waals surface area contributed by atoms with Crippen molar-refractivity contribution in [3.05, 3.63) is 30.1 Å². The van der Waals surface area contributed by atoms with Crippen LogP contribution in [0, 0.1) is 0 Å². The summed E-state index contributed by atoms with van der Waals surface area (Å²) in [5.74, 6) is 0.202. The molecule has 0 radical (unpaired) electrons. The lowest BCUT2D eigenvalue weighted by Gasteiger charge is -2.35. The van der Waals surface area contributed by atoms with Crippen LogP contribution in [0.1, 0.15) is 52.0 Å². The van der Waals surface area contributed by atoms with Crippen molar-refractivity contribution < 1.29 is 4.79 Å². The minimum Gasteiger partial charge on any atom is -0.352 e. The molecule has 2 saturated heterocycles. The van der Waals surface area contributed by atoms with Gasteiger partial charge in [0.1, 0.15) is 0 Å². The third kappa shape index (κ3) is 4.59. The smallest absolute Gasteiger partial charge is 0.237 e. The first-order valence-corrected chi connectivity index (χ1v) is 9.73. The predicted octanol–water partition coefficient (Wildman–Crippen LogP) is 2.42. The highest BCUT2D eigenvalue weighted by molar-refractivity contribution is 5.81. The quantitative estimate of drug-likeness (QED) is 0.891. The number of hydrogen-bond donors (Lipinski definition) is 1. The van der Waals surface area contributed by atoms with Crippen LogP contribution in [-0.2, 0) is 11.3 Å². The van der Waals surface area contributed by atoms with E-state index < -0.39 is 0 Å². The molecule has 0 saturated carbocycles. The Morgan fingerprint density at radius 2 is 1.76 bits per heavy atom. The predicted molar refractivity (Wildman–Crippen MR) is 100 cm³/mol. The second-order valence-electron chi connectivity index (χ2n) is 7.81. The molecule has 3 rings (SSSR count). The zero-order valence-electron chi connectivity index (χ0n) is 15.8. The lowest BCUT2D eigenvalue weighted by molar-refractivity contribution is -0.127. The van der Waals surface area contributed by atoms with Gasteiger partial charge in [-0.25, -0.2) is 0 Å². The highest BCUT2D eigenvalue weighted by atomic mass is 16.2. The van der Waals surface area contributed by atoms with Gasteiger partial charge >= 0.3 is 0 Å². The molecule has 1 amide bonds. The van der Waals surface area contributed by atoms with Gasteiger partial charge in [0, 0.05) is 50.2 Å². The number of carbonyl (C=O) groups excluding carboxylic acids is 1. The van der Waals surface area contributed by atoms with Crippen LogP contribution in [-0.4, -0.2) is 57.9 Å². The number of amides is 1. The van der Waals surface area contributed by atoms with E-state index in [1.165, 1.54) is 18.4 Å². The molecule has 5 nitrogen and oxygen atoms in total. The molecule has 2 fully saturated rings. The van der Waals surface area contributed by atoms with Crippen LogP contribution in [0.4, 0.5) is 0 Å². The van der Waals surface area contributed by atoms with Crippen molar-refractivity contribution in [2.75, 3.05) is 13.1 Å². The van der Waals surface area contributed by atoms with E-state index in [0.29, 0.717) is 18.1 Å². The van der Waals surface area contributed by atoms with Crippen LogP contribution in [0.2, 0.25) is 0 Å². The molecule has 0 spiro atoms. The third-order valence-corrected chi connectivity index (χ3v) is 5.94.